The van der Waals surface area contributed by atoms with Gasteiger partial charge in [-0.2, -0.15) is 0 Å². The van der Waals surface area contributed by atoms with Gasteiger partial charge < -0.3 is 29.8 Å². The molecule has 0 bridgehead atoms. The molecule has 0 saturated heterocycles. The van der Waals surface area contributed by atoms with Gasteiger partial charge >= 0.3 is 0 Å². The van der Waals surface area contributed by atoms with Crippen LogP contribution in [0.1, 0.15) is 12.5 Å². The summed E-state index contributed by atoms with van der Waals surface area (Å²) in [7, 11) is 0. The van der Waals surface area contributed by atoms with Crippen LogP contribution < -0.4 is 20.1 Å². The number of fused-ring (bicyclic) bond motifs is 2. The Hall–Kier alpha value is -3.26. The number of benzene rings is 2. The van der Waals surface area contributed by atoms with Crippen molar-refractivity contribution in [1.29, 1.82) is 0 Å². The highest BCUT2D eigenvalue weighted by molar-refractivity contribution is 5.83. The molecule has 1 aliphatic rings. The molecule has 146 valence electrons. The normalized spacial score (nSPS) is 13.5. The lowest BCUT2D eigenvalue weighted by Crippen LogP contribution is -2.28. The first-order valence-corrected chi connectivity index (χ1v) is 9.12. The predicted octanol–water partition coefficient (Wildman–Crippen LogP) is 1.87. The second kappa shape index (κ2) is 7.77. The monoisotopic (exact) mass is 382 g/mol. The third-order valence-corrected chi connectivity index (χ3v) is 4.44. The van der Waals surface area contributed by atoms with Crippen LogP contribution in [0.3, 0.4) is 0 Å². The first-order chi connectivity index (χ1) is 13.6. The van der Waals surface area contributed by atoms with Gasteiger partial charge in [0.2, 0.25) is 18.6 Å². The number of hydrogen-bond donors (Lipinski definition) is 3. The second-order valence-electron chi connectivity index (χ2n) is 6.70. The zero-order valence-corrected chi connectivity index (χ0v) is 15.5. The van der Waals surface area contributed by atoms with E-state index in [1.165, 1.54) is 0 Å². The second-order valence-corrected chi connectivity index (χ2v) is 6.70. The average Bonchev–Trinajstić information content (AvgIpc) is 3.29. The minimum absolute atomic E-state index is 0.118. The highest BCUT2D eigenvalue weighted by Gasteiger charge is 2.15. The number of aliphatic hydroxyl groups is 1. The number of para-hydroxylation sites is 2. The van der Waals surface area contributed by atoms with E-state index in [-0.39, 0.29) is 19.2 Å². The summed E-state index contributed by atoms with van der Waals surface area (Å²) in [6.07, 6.45) is -0.520. The van der Waals surface area contributed by atoms with Gasteiger partial charge in [0, 0.05) is 13.1 Å². The molecule has 0 saturated carbocycles. The molecule has 1 amide bonds. The molecule has 2 heterocycles. The van der Waals surface area contributed by atoms with Crippen LogP contribution in [0, 0.1) is 0 Å². The largest absolute Gasteiger partial charge is 0.454 e. The van der Waals surface area contributed by atoms with Gasteiger partial charge in [-0.25, -0.2) is 4.98 Å². The van der Waals surface area contributed by atoms with E-state index in [1.807, 2.05) is 47.0 Å². The number of carbonyl (C=O) groups excluding carboxylic acids is 1. The van der Waals surface area contributed by atoms with Crippen molar-refractivity contribution >= 4 is 22.9 Å². The predicted molar refractivity (Wildman–Crippen MR) is 104 cm³/mol. The Labute approximate surface area is 162 Å². The Balaban J connectivity index is 1.46. The lowest BCUT2D eigenvalue weighted by molar-refractivity contribution is -0.121. The maximum atomic E-state index is 12.6. The number of aromatic nitrogens is 2. The van der Waals surface area contributed by atoms with Gasteiger partial charge in [0.1, 0.15) is 6.54 Å². The highest BCUT2D eigenvalue weighted by atomic mass is 16.7. The number of nitrogens with one attached hydrogen (secondary N) is 2. The summed E-state index contributed by atoms with van der Waals surface area (Å²) in [6, 6.07) is 13.2. The Kier molecular flexibility index (Phi) is 5.03. The molecular weight excluding hydrogens is 360 g/mol. The van der Waals surface area contributed by atoms with E-state index in [1.54, 1.807) is 6.92 Å². The first-order valence-electron chi connectivity index (χ1n) is 9.12. The van der Waals surface area contributed by atoms with Crippen LogP contribution in [0.5, 0.6) is 11.5 Å². The van der Waals surface area contributed by atoms with E-state index in [0.717, 1.165) is 16.6 Å². The lowest BCUT2D eigenvalue weighted by Gasteiger charge is -2.12. The van der Waals surface area contributed by atoms with E-state index in [9.17, 15) is 9.90 Å². The molecule has 0 radical (unpaired) electrons. The SMILES string of the molecule is CC(O)CNc1nc2ccccc2n1CC(=O)NCc1ccc2c(c1)OCO2. The zero-order chi connectivity index (χ0) is 19.5. The maximum Gasteiger partial charge on any atom is 0.240 e. The fourth-order valence-electron chi connectivity index (χ4n) is 3.06. The summed E-state index contributed by atoms with van der Waals surface area (Å²) >= 11 is 0. The molecule has 3 aromatic rings. The minimum atomic E-state index is -0.520. The van der Waals surface area contributed by atoms with Gasteiger partial charge in [0.25, 0.3) is 0 Å². The van der Waals surface area contributed by atoms with Crippen LogP contribution in [-0.4, -0.2) is 40.0 Å². The summed E-state index contributed by atoms with van der Waals surface area (Å²) < 4.78 is 12.5. The Morgan fingerprint density at radius 1 is 1.25 bits per heavy atom. The van der Waals surface area contributed by atoms with E-state index >= 15 is 0 Å². The van der Waals surface area contributed by atoms with Crippen LogP contribution in [0.15, 0.2) is 42.5 Å². The van der Waals surface area contributed by atoms with Gasteiger partial charge in [0.15, 0.2) is 11.5 Å². The number of aliphatic hydroxyl groups excluding tert-OH is 1. The molecule has 2 aromatic carbocycles. The standard InChI is InChI=1S/C20H22N4O4/c1-13(25)9-22-20-23-15-4-2-3-5-16(15)24(20)11-19(26)21-10-14-6-7-17-18(8-14)28-12-27-17/h2-8,13,25H,9-12H2,1H3,(H,21,26)(H,22,23). The number of ether oxygens (including phenoxy) is 2. The van der Waals surface area contributed by atoms with Crippen molar-refractivity contribution in [3.63, 3.8) is 0 Å². The summed E-state index contributed by atoms with van der Waals surface area (Å²) in [6.45, 7) is 2.77. The topological polar surface area (TPSA) is 97.6 Å². The smallest absolute Gasteiger partial charge is 0.240 e. The third kappa shape index (κ3) is 3.86. The molecule has 0 fully saturated rings. The molecule has 1 aliphatic heterocycles. The zero-order valence-electron chi connectivity index (χ0n) is 15.5. The molecule has 4 rings (SSSR count). The molecule has 8 nitrogen and oxygen atoms in total. The van der Waals surface area contributed by atoms with Crippen molar-refractivity contribution < 1.29 is 19.4 Å². The van der Waals surface area contributed by atoms with E-state index in [0.29, 0.717) is 30.5 Å². The molecule has 28 heavy (non-hydrogen) atoms. The van der Waals surface area contributed by atoms with E-state index < -0.39 is 6.10 Å². The number of amides is 1. The van der Waals surface area contributed by atoms with Crippen molar-refractivity contribution in [1.82, 2.24) is 14.9 Å². The van der Waals surface area contributed by atoms with Crippen LogP contribution >= 0.6 is 0 Å². The van der Waals surface area contributed by atoms with Crippen molar-refractivity contribution in [2.75, 3.05) is 18.7 Å². The first kappa shape index (κ1) is 18.1. The molecule has 1 atom stereocenters. The van der Waals surface area contributed by atoms with Crippen molar-refractivity contribution in [3.8, 4) is 11.5 Å². The highest BCUT2D eigenvalue weighted by Crippen LogP contribution is 2.32. The van der Waals surface area contributed by atoms with Crippen molar-refractivity contribution in [3.05, 3.63) is 48.0 Å². The van der Waals surface area contributed by atoms with Crippen LogP contribution in [0.4, 0.5) is 5.95 Å². The molecule has 1 unspecified atom stereocenters. The minimum Gasteiger partial charge on any atom is -0.454 e. The molecule has 8 heteroatoms. The summed E-state index contributed by atoms with van der Waals surface area (Å²) in [5.41, 5.74) is 2.58. The van der Waals surface area contributed by atoms with Crippen LogP contribution in [0.25, 0.3) is 11.0 Å². The number of nitrogens with zero attached hydrogens (tertiary/aromatic N) is 2. The Morgan fingerprint density at radius 3 is 2.93 bits per heavy atom. The number of imidazole rings is 1. The lowest BCUT2D eigenvalue weighted by atomic mass is 10.2. The van der Waals surface area contributed by atoms with Crippen LogP contribution in [0.2, 0.25) is 0 Å². The summed E-state index contributed by atoms with van der Waals surface area (Å²) in [5, 5.41) is 15.6. The fourth-order valence-corrected chi connectivity index (χ4v) is 3.06. The van der Waals surface area contributed by atoms with E-state index in [4.69, 9.17) is 9.47 Å². The van der Waals surface area contributed by atoms with Crippen molar-refractivity contribution in [2.45, 2.75) is 26.1 Å². The molecule has 3 N–H and O–H groups in total. The maximum absolute atomic E-state index is 12.6. The number of hydrogen-bond acceptors (Lipinski definition) is 6. The fraction of sp³-hybridized carbons (Fsp3) is 0.300. The van der Waals surface area contributed by atoms with Gasteiger partial charge in [-0.3, -0.25) is 4.79 Å². The van der Waals surface area contributed by atoms with Gasteiger partial charge in [-0.15, -0.1) is 0 Å². The molecule has 0 spiro atoms. The number of rotatable bonds is 7. The van der Waals surface area contributed by atoms with Gasteiger partial charge in [0.05, 0.1) is 17.1 Å². The van der Waals surface area contributed by atoms with E-state index in [2.05, 4.69) is 15.6 Å². The molecule has 0 aliphatic carbocycles. The third-order valence-electron chi connectivity index (χ3n) is 4.44. The molecular formula is C20H22N4O4. The summed E-state index contributed by atoms with van der Waals surface area (Å²) in [4.78, 5) is 17.1. The molecule has 1 aromatic heterocycles. The quantitative estimate of drug-likeness (QED) is 0.577. The Morgan fingerprint density at radius 2 is 2.07 bits per heavy atom. The van der Waals surface area contributed by atoms with Crippen LogP contribution in [-0.2, 0) is 17.9 Å². The average molecular weight is 382 g/mol. The number of carbonyl (C=O) groups is 1. The van der Waals surface area contributed by atoms with Crippen molar-refractivity contribution in [2.24, 2.45) is 0 Å². The summed E-state index contributed by atoms with van der Waals surface area (Å²) in [5.74, 6) is 1.83. The Bertz CT molecular complexity index is 999. The van der Waals surface area contributed by atoms with Gasteiger partial charge in [-0.1, -0.05) is 18.2 Å². The number of anilines is 1. The van der Waals surface area contributed by atoms with Gasteiger partial charge in [-0.05, 0) is 36.8 Å².